The summed E-state index contributed by atoms with van der Waals surface area (Å²) in [5, 5.41) is 0. The number of hydrogen-bond acceptors (Lipinski definition) is 4. The van der Waals surface area contributed by atoms with Crippen LogP contribution in [-0.4, -0.2) is 13.2 Å². The van der Waals surface area contributed by atoms with Crippen LogP contribution in [0.4, 0.5) is 0 Å². The van der Waals surface area contributed by atoms with E-state index >= 15 is 0 Å². The molecule has 0 aliphatic rings. The maximum atomic E-state index is 5.82. The summed E-state index contributed by atoms with van der Waals surface area (Å²) < 4.78 is 11.6. The Morgan fingerprint density at radius 3 is 0.574 bits per heavy atom. The highest BCUT2D eigenvalue weighted by molar-refractivity contribution is 8.70. The van der Waals surface area contributed by atoms with Crippen LogP contribution < -0.4 is 0 Å². The van der Waals surface area contributed by atoms with E-state index in [2.05, 4.69) is 13.8 Å². The van der Waals surface area contributed by atoms with Gasteiger partial charge in [0.15, 0.2) is 0 Å². The predicted molar refractivity (Wildman–Crippen MR) is 220 cm³/mol. The molecule has 0 amide bonds. The van der Waals surface area contributed by atoms with Crippen molar-refractivity contribution in [1.29, 1.82) is 0 Å². The van der Waals surface area contributed by atoms with Crippen molar-refractivity contribution in [3.8, 4) is 0 Å². The molecule has 0 heterocycles. The second-order valence-electron chi connectivity index (χ2n) is 14.8. The molecule has 0 bridgehead atoms. The van der Waals surface area contributed by atoms with Gasteiger partial charge in [-0.15, -0.1) is 0 Å². The third kappa shape index (κ3) is 43.1. The lowest BCUT2D eigenvalue weighted by atomic mass is 10.0. The molecule has 0 N–H and O–H groups in total. The molecular weight excluding hydrogens is 632 g/mol. The molecule has 0 aromatic rings. The molecule has 5 heteroatoms. The highest BCUT2D eigenvalue weighted by Crippen LogP contribution is 2.56. The van der Waals surface area contributed by atoms with Gasteiger partial charge in [0.2, 0.25) is 0 Å². The van der Waals surface area contributed by atoms with Gasteiger partial charge in [-0.2, -0.15) is 0 Å². The molecule has 0 rings (SSSR count). The Morgan fingerprint density at radius 2 is 0.404 bits per heavy atom. The van der Waals surface area contributed by atoms with E-state index in [0.29, 0.717) is 13.2 Å². The summed E-state index contributed by atoms with van der Waals surface area (Å²) in [6.45, 7) is 5.96. The first-order chi connectivity index (χ1) is 23.1. The van der Waals surface area contributed by atoms with Crippen LogP contribution in [0.15, 0.2) is 0 Å². The summed E-state index contributed by atoms with van der Waals surface area (Å²) >= 11 is 10.9. The van der Waals surface area contributed by atoms with Crippen LogP contribution in [0.5, 0.6) is 0 Å². The van der Waals surface area contributed by atoms with E-state index in [1.165, 1.54) is 231 Å². The van der Waals surface area contributed by atoms with Gasteiger partial charge in [0, 0.05) is 6.12 Å². The normalized spacial score (nSPS) is 12.0. The Hall–Kier alpha value is 1.05. The Balaban J connectivity index is 3.24. The van der Waals surface area contributed by atoms with E-state index in [1.807, 2.05) is 0 Å². The summed E-state index contributed by atoms with van der Waals surface area (Å²) in [6, 6.07) is 0. The van der Waals surface area contributed by atoms with Gasteiger partial charge >= 0.3 is 0 Å². The summed E-state index contributed by atoms with van der Waals surface area (Å²) in [6.07, 6.45) is 50.6. The van der Waals surface area contributed by atoms with Gasteiger partial charge in [-0.3, -0.25) is 9.05 Å². The molecule has 284 valence electrons. The molecular formula is C42H86O2PS2-. The van der Waals surface area contributed by atoms with Crippen LogP contribution >= 0.6 is 6.12 Å². The maximum absolute atomic E-state index is 5.82. The minimum absolute atomic E-state index is 0.679. The molecule has 0 radical (unpaired) electrons. The van der Waals surface area contributed by atoms with Crippen LogP contribution in [0.3, 0.4) is 0 Å². The Morgan fingerprint density at radius 1 is 0.255 bits per heavy atom. The Kier molecular flexibility index (Phi) is 42.4. The Labute approximate surface area is 309 Å². The molecule has 0 fully saturated rings. The molecule has 47 heavy (non-hydrogen) atoms. The first-order valence-electron chi connectivity index (χ1n) is 21.7. The maximum Gasteiger partial charge on any atom is 0.0892 e. The third-order valence-electron chi connectivity index (χ3n) is 9.99. The van der Waals surface area contributed by atoms with E-state index < -0.39 is 6.12 Å². The quantitative estimate of drug-likeness (QED) is 0.0355. The predicted octanol–water partition coefficient (Wildman–Crippen LogP) is 16.7. The van der Waals surface area contributed by atoms with Crippen LogP contribution in [0, 0.1) is 0 Å². The van der Waals surface area contributed by atoms with Crippen molar-refractivity contribution in [2.24, 2.45) is 0 Å². The lowest BCUT2D eigenvalue weighted by Crippen LogP contribution is -2.01. The number of rotatable bonds is 42. The fraction of sp³-hybridized carbons (Fsp3) is 1.00. The van der Waals surface area contributed by atoms with Gasteiger partial charge in [0.25, 0.3) is 0 Å². The third-order valence-corrected chi connectivity index (χ3v) is 12.3. The lowest BCUT2D eigenvalue weighted by molar-refractivity contribution is 0.247. The first kappa shape index (κ1) is 48.0. The van der Waals surface area contributed by atoms with Crippen LogP contribution in [-0.2, 0) is 33.5 Å². The van der Waals surface area contributed by atoms with Crippen LogP contribution in [0.25, 0.3) is 0 Å². The van der Waals surface area contributed by atoms with Crippen molar-refractivity contribution in [2.45, 2.75) is 258 Å². The summed E-state index contributed by atoms with van der Waals surface area (Å²) in [7, 11) is 0. The van der Waals surface area contributed by atoms with Crippen molar-refractivity contribution in [2.75, 3.05) is 13.2 Å². The highest BCUT2D eigenvalue weighted by atomic mass is 33.1. The average Bonchev–Trinajstić information content (AvgIpc) is 3.06. The van der Waals surface area contributed by atoms with Gasteiger partial charge in [-0.1, -0.05) is 245 Å². The second kappa shape index (κ2) is 41.5. The molecule has 2 nitrogen and oxygen atoms in total. The van der Waals surface area contributed by atoms with Crippen LogP contribution in [0.1, 0.15) is 258 Å². The molecule has 0 aliphatic carbocycles. The summed E-state index contributed by atoms with van der Waals surface area (Å²) in [5.41, 5.74) is 0. The number of hydrogen-bond donors (Lipinski definition) is 0. The van der Waals surface area contributed by atoms with E-state index in [4.69, 9.17) is 33.5 Å². The zero-order chi connectivity index (χ0) is 34.2. The molecule has 0 aromatic carbocycles. The van der Waals surface area contributed by atoms with E-state index in [0.717, 1.165) is 12.8 Å². The number of unbranched alkanes of at least 4 members (excludes halogenated alkanes) is 36. The monoisotopic (exact) mass is 718 g/mol. The van der Waals surface area contributed by atoms with E-state index in [-0.39, 0.29) is 0 Å². The van der Waals surface area contributed by atoms with E-state index in [9.17, 15) is 0 Å². The highest BCUT2D eigenvalue weighted by Gasteiger charge is 2.10. The van der Waals surface area contributed by atoms with Crippen molar-refractivity contribution >= 4 is 30.6 Å². The fourth-order valence-corrected chi connectivity index (χ4v) is 8.43. The fourth-order valence-electron chi connectivity index (χ4n) is 6.75. The SMILES string of the molecule is CCCCCCCCCCCCCCCCCCCCCO[P+]([S-])([S-])OCCCCCCCCCCCCCCCCCCCCC. The summed E-state index contributed by atoms with van der Waals surface area (Å²) in [4.78, 5) is 0. The molecule has 0 saturated heterocycles. The molecule has 0 saturated carbocycles. The minimum Gasteiger partial charge on any atom is -0.516 e. The van der Waals surface area contributed by atoms with Crippen molar-refractivity contribution in [1.82, 2.24) is 0 Å². The topological polar surface area (TPSA) is 18.5 Å². The molecule has 0 aromatic heterocycles. The minimum atomic E-state index is -2.46. The molecule has 0 unspecified atom stereocenters. The zero-order valence-electron chi connectivity index (χ0n) is 32.4. The van der Waals surface area contributed by atoms with Gasteiger partial charge < -0.3 is 24.5 Å². The zero-order valence-corrected chi connectivity index (χ0v) is 34.9. The molecule has 0 aliphatic heterocycles. The lowest BCUT2D eigenvalue weighted by Gasteiger charge is -2.34. The molecule has 0 spiro atoms. The molecule has 0 atom stereocenters. The van der Waals surface area contributed by atoms with Gasteiger partial charge in [-0.25, -0.2) is 0 Å². The smallest absolute Gasteiger partial charge is 0.0892 e. The first-order valence-corrected chi connectivity index (χ1v) is 25.4. The van der Waals surface area contributed by atoms with Crippen LogP contribution in [0.2, 0.25) is 0 Å². The Bertz CT molecular complexity index is 517. The van der Waals surface area contributed by atoms with E-state index in [1.54, 1.807) is 0 Å². The van der Waals surface area contributed by atoms with Crippen molar-refractivity contribution < 1.29 is 9.05 Å². The largest absolute Gasteiger partial charge is 0.516 e. The van der Waals surface area contributed by atoms with Crippen molar-refractivity contribution in [3.05, 3.63) is 0 Å². The van der Waals surface area contributed by atoms with Crippen molar-refractivity contribution in [3.63, 3.8) is 0 Å². The van der Waals surface area contributed by atoms with Gasteiger partial charge in [-0.05, 0) is 12.8 Å². The van der Waals surface area contributed by atoms with Gasteiger partial charge in [0.1, 0.15) is 0 Å². The standard InChI is InChI=1S/C42H87O2PS2/c1-3-5-7-9-11-13-15-17-19-21-23-25-27-29-31-33-35-37-39-41-43-45(46,47)44-42-40-38-36-34-32-30-28-26-24-22-20-18-16-14-12-10-8-6-4-2/h3-42H2,1-2H3,(H,46,47)/p-1. The second-order valence-corrected chi connectivity index (χ2v) is 19.8. The van der Waals surface area contributed by atoms with Gasteiger partial charge in [0.05, 0.1) is 13.2 Å². The summed E-state index contributed by atoms with van der Waals surface area (Å²) in [5.74, 6) is 0. The average molecular weight is 718 g/mol.